The van der Waals surface area contributed by atoms with Crippen molar-refractivity contribution in [3.05, 3.63) is 67.3 Å². The van der Waals surface area contributed by atoms with Gasteiger partial charge in [0, 0.05) is 35.5 Å². The van der Waals surface area contributed by atoms with Gasteiger partial charge < -0.3 is 19.0 Å². The molecule has 0 heterocycles. The van der Waals surface area contributed by atoms with Gasteiger partial charge in [-0.25, -0.2) is 4.79 Å². The molecule has 0 saturated heterocycles. The number of esters is 2. The summed E-state index contributed by atoms with van der Waals surface area (Å²) in [5, 5.41) is 9.83. The first-order valence-electron chi connectivity index (χ1n) is 12.3. The van der Waals surface area contributed by atoms with Crippen LogP contribution in [0.1, 0.15) is 51.5 Å². The molecule has 1 unspecified atom stereocenters. The first-order valence-corrected chi connectivity index (χ1v) is 15.2. The van der Waals surface area contributed by atoms with Crippen LogP contribution < -0.4 is 0 Å². The van der Waals surface area contributed by atoms with Crippen molar-refractivity contribution in [2.24, 2.45) is 0 Å². The summed E-state index contributed by atoms with van der Waals surface area (Å²) in [7, 11) is 2.88. The number of nitrogens with zero attached hydrogens (tertiary/aromatic N) is 1. The number of ether oxygens (including phenoxy) is 3. The van der Waals surface area contributed by atoms with Crippen molar-refractivity contribution in [1.82, 2.24) is 0 Å². The van der Waals surface area contributed by atoms with Gasteiger partial charge >= 0.3 is 11.9 Å². The molecule has 12 heteroatoms. The van der Waals surface area contributed by atoms with Crippen molar-refractivity contribution >= 4 is 45.1 Å². The molecule has 1 aromatic carbocycles. The van der Waals surface area contributed by atoms with Gasteiger partial charge in [0.25, 0.3) is 5.09 Å². The second kappa shape index (κ2) is 17.4. The SMILES string of the molecule is CCOC(=O)C1=C(COCCCC(=O)OCCSSCCO[N+](=O)[O-])CC(C)=C(C)C1c1ccccc1Cl. The second-order valence-corrected chi connectivity index (χ2v) is 11.5. The summed E-state index contributed by atoms with van der Waals surface area (Å²) in [5.74, 6) is 0.0663. The minimum absolute atomic E-state index is 0.0265. The van der Waals surface area contributed by atoms with E-state index in [1.807, 2.05) is 38.1 Å². The Morgan fingerprint density at radius 3 is 2.50 bits per heavy atom. The maximum absolute atomic E-state index is 13.1. The van der Waals surface area contributed by atoms with Crippen LogP contribution in [0.4, 0.5) is 0 Å². The number of benzene rings is 1. The molecule has 0 aliphatic heterocycles. The molecule has 0 aromatic heterocycles. The minimum atomic E-state index is -0.821. The lowest BCUT2D eigenvalue weighted by atomic mass is 9.75. The average molecular weight is 588 g/mol. The van der Waals surface area contributed by atoms with E-state index in [-0.39, 0.29) is 50.7 Å². The number of hydrogen-bond donors (Lipinski definition) is 0. The zero-order chi connectivity index (χ0) is 27.9. The molecule has 0 saturated carbocycles. The molecule has 0 spiro atoms. The third kappa shape index (κ3) is 10.5. The lowest BCUT2D eigenvalue weighted by molar-refractivity contribution is -0.756. The fourth-order valence-electron chi connectivity index (χ4n) is 3.96. The highest BCUT2D eigenvalue weighted by Crippen LogP contribution is 2.44. The molecule has 0 amide bonds. The zero-order valence-electron chi connectivity index (χ0n) is 21.9. The molecule has 1 atom stereocenters. The van der Waals surface area contributed by atoms with E-state index in [4.69, 9.17) is 25.8 Å². The Bertz CT molecular complexity index is 1030. The standard InChI is InChI=1S/C26H34ClNO8S2/c1-4-34-26(30)25-20(16-18(2)19(3)24(25)21-8-5-6-9-22(21)27)17-33-11-7-10-23(29)35-12-14-37-38-15-13-36-28(31)32/h5-6,8-9,24H,4,7,10-17H2,1-3H3. The van der Waals surface area contributed by atoms with Gasteiger partial charge in [0.15, 0.2) is 0 Å². The Hall–Kier alpha value is -2.21. The quantitative estimate of drug-likeness (QED) is 0.0540. The summed E-state index contributed by atoms with van der Waals surface area (Å²) in [6.07, 6.45) is 1.32. The first kappa shape index (κ1) is 32.0. The van der Waals surface area contributed by atoms with Crippen LogP contribution in [0.25, 0.3) is 0 Å². The van der Waals surface area contributed by atoms with Crippen LogP contribution in [-0.4, -0.2) is 61.6 Å². The summed E-state index contributed by atoms with van der Waals surface area (Å²) in [4.78, 5) is 39.3. The molecule has 38 heavy (non-hydrogen) atoms. The maximum Gasteiger partial charge on any atom is 0.335 e. The molecule has 9 nitrogen and oxygen atoms in total. The summed E-state index contributed by atoms with van der Waals surface area (Å²) < 4.78 is 16.5. The summed E-state index contributed by atoms with van der Waals surface area (Å²) in [5.41, 5.74) is 4.52. The molecule has 0 fully saturated rings. The zero-order valence-corrected chi connectivity index (χ0v) is 24.3. The van der Waals surface area contributed by atoms with Crippen molar-refractivity contribution < 1.29 is 33.7 Å². The van der Waals surface area contributed by atoms with Crippen LogP contribution in [-0.2, 0) is 28.6 Å². The van der Waals surface area contributed by atoms with Crippen LogP contribution in [0.2, 0.25) is 5.02 Å². The monoisotopic (exact) mass is 587 g/mol. The van der Waals surface area contributed by atoms with E-state index >= 15 is 0 Å². The predicted molar refractivity (Wildman–Crippen MR) is 150 cm³/mol. The van der Waals surface area contributed by atoms with Crippen LogP contribution in [0.15, 0.2) is 46.6 Å². The molecule has 1 aliphatic carbocycles. The number of halogens is 1. The number of rotatable bonds is 17. The van der Waals surface area contributed by atoms with Gasteiger partial charge in [-0.3, -0.25) is 4.79 Å². The molecule has 1 aromatic rings. The lowest BCUT2D eigenvalue weighted by Gasteiger charge is -2.31. The van der Waals surface area contributed by atoms with Crippen molar-refractivity contribution in [2.45, 2.75) is 46.0 Å². The third-order valence-electron chi connectivity index (χ3n) is 5.79. The van der Waals surface area contributed by atoms with Gasteiger partial charge in [-0.2, -0.15) is 0 Å². The van der Waals surface area contributed by atoms with E-state index in [0.29, 0.717) is 41.5 Å². The number of carbonyl (C=O) groups excluding carboxylic acids is 2. The Morgan fingerprint density at radius 1 is 1.11 bits per heavy atom. The highest BCUT2D eigenvalue weighted by molar-refractivity contribution is 8.76. The molecule has 2 rings (SSSR count). The molecular formula is C26H34ClNO8S2. The molecular weight excluding hydrogens is 554 g/mol. The Kier molecular flexibility index (Phi) is 14.6. The van der Waals surface area contributed by atoms with E-state index in [1.165, 1.54) is 21.6 Å². The maximum atomic E-state index is 13.1. The van der Waals surface area contributed by atoms with Gasteiger partial charge in [0.2, 0.25) is 0 Å². The minimum Gasteiger partial charge on any atom is -0.465 e. The second-order valence-electron chi connectivity index (χ2n) is 8.41. The van der Waals surface area contributed by atoms with Crippen LogP contribution >= 0.6 is 33.2 Å². The van der Waals surface area contributed by atoms with E-state index in [9.17, 15) is 19.7 Å². The van der Waals surface area contributed by atoms with Gasteiger partial charge in [0.1, 0.15) is 13.2 Å². The molecule has 0 radical (unpaired) electrons. The Labute approximate surface area is 236 Å². The molecule has 210 valence electrons. The highest BCUT2D eigenvalue weighted by Gasteiger charge is 2.34. The summed E-state index contributed by atoms with van der Waals surface area (Å²) in [6, 6.07) is 7.51. The van der Waals surface area contributed by atoms with Crippen molar-refractivity contribution in [2.75, 3.05) is 44.5 Å². The average Bonchev–Trinajstić information content (AvgIpc) is 2.87. The van der Waals surface area contributed by atoms with Gasteiger partial charge in [0.05, 0.1) is 18.8 Å². The smallest absolute Gasteiger partial charge is 0.335 e. The molecule has 0 bridgehead atoms. The van der Waals surface area contributed by atoms with Crippen LogP contribution in [0.3, 0.4) is 0 Å². The van der Waals surface area contributed by atoms with E-state index in [2.05, 4.69) is 4.84 Å². The molecule has 0 N–H and O–H groups in total. The number of hydrogen-bond acceptors (Lipinski definition) is 10. The summed E-state index contributed by atoms with van der Waals surface area (Å²) >= 11 is 6.52. The summed E-state index contributed by atoms with van der Waals surface area (Å²) in [6.45, 7) is 7.00. The van der Waals surface area contributed by atoms with Gasteiger partial charge in [-0.05, 0) is 50.8 Å². The third-order valence-corrected chi connectivity index (χ3v) is 8.47. The van der Waals surface area contributed by atoms with Crippen molar-refractivity contribution in [1.29, 1.82) is 0 Å². The van der Waals surface area contributed by atoms with E-state index in [1.54, 1.807) is 6.92 Å². The number of allylic oxidation sites excluding steroid dienone is 2. The van der Waals surface area contributed by atoms with Crippen molar-refractivity contribution in [3.8, 4) is 0 Å². The number of carbonyl (C=O) groups is 2. The fourth-order valence-corrected chi connectivity index (χ4v) is 5.85. The van der Waals surface area contributed by atoms with E-state index < -0.39 is 5.09 Å². The van der Waals surface area contributed by atoms with Gasteiger partial charge in [-0.1, -0.05) is 62.5 Å². The predicted octanol–water partition coefficient (Wildman–Crippen LogP) is 5.95. The van der Waals surface area contributed by atoms with Crippen molar-refractivity contribution in [3.63, 3.8) is 0 Å². The molecule has 1 aliphatic rings. The van der Waals surface area contributed by atoms with E-state index in [0.717, 1.165) is 22.3 Å². The van der Waals surface area contributed by atoms with Crippen LogP contribution in [0.5, 0.6) is 0 Å². The normalized spacial score (nSPS) is 15.4. The highest BCUT2D eigenvalue weighted by atomic mass is 35.5. The Balaban J connectivity index is 1.85. The lowest BCUT2D eigenvalue weighted by Crippen LogP contribution is -2.24. The first-order chi connectivity index (χ1) is 18.3. The fraction of sp³-hybridized carbons (Fsp3) is 0.538. The van der Waals surface area contributed by atoms with Gasteiger partial charge in [-0.15, -0.1) is 10.1 Å². The van der Waals surface area contributed by atoms with Crippen LogP contribution in [0, 0.1) is 10.1 Å². The largest absolute Gasteiger partial charge is 0.465 e. The topological polar surface area (TPSA) is 114 Å². The Morgan fingerprint density at radius 2 is 1.82 bits per heavy atom.